The Morgan fingerprint density at radius 3 is 1.96 bits per heavy atom. The van der Waals surface area contributed by atoms with E-state index in [9.17, 15) is 14.4 Å². The van der Waals surface area contributed by atoms with E-state index in [2.05, 4.69) is 4.90 Å². The van der Waals surface area contributed by atoms with E-state index in [0.29, 0.717) is 56.1 Å². The van der Waals surface area contributed by atoms with Crippen molar-refractivity contribution in [3.05, 3.63) is 65.7 Å². The molecule has 0 radical (unpaired) electrons. The van der Waals surface area contributed by atoms with Crippen LogP contribution < -0.4 is 4.74 Å². The van der Waals surface area contributed by atoms with Crippen LogP contribution in [0.1, 0.15) is 20.7 Å². The van der Waals surface area contributed by atoms with Crippen molar-refractivity contribution in [3.8, 4) is 5.75 Å². The Bertz CT molecular complexity index is 857. The molecule has 2 aromatic rings. The van der Waals surface area contributed by atoms with Gasteiger partial charge in [-0.1, -0.05) is 30.3 Å². The van der Waals surface area contributed by atoms with Gasteiger partial charge in [0.25, 0.3) is 11.8 Å². The summed E-state index contributed by atoms with van der Waals surface area (Å²) in [6.07, 6.45) is -0.355. The quantitative estimate of drug-likeness (QED) is 0.761. The fraction of sp³-hybridized carbons (Fsp3) is 0.286. The molecule has 1 saturated heterocycles. The van der Waals surface area contributed by atoms with Gasteiger partial charge in [0.05, 0.1) is 11.1 Å². The van der Waals surface area contributed by atoms with Crippen molar-refractivity contribution in [2.45, 2.75) is 0 Å². The van der Waals surface area contributed by atoms with E-state index in [1.807, 2.05) is 18.2 Å². The molecule has 0 aromatic heterocycles. The van der Waals surface area contributed by atoms with Crippen molar-refractivity contribution < 1.29 is 19.1 Å². The maximum atomic E-state index is 12.4. The maximum Gasteiger partial charge on any atom is 0.415 e. The third kappa shape index (κ3) is 3.61. The fourth-order valence-corrected chi connectivity index (χ4v) is 3.49. The van der Waals surface area contributed by atoms with Gasteiger partial charge in [-0.3, -0.25) is 19.4 Å². The Hall–Kier alpha value is -3.19. The molecule has 0 unspecified atom stereocenters. The lowest BCUT2D eigenvalue weighted by Crippen LogP contribution is -2.51. The van der Waals surface area contributed by atoms with Gasteiger partial charge in [0, 0.05) is 39.3 Å². The minimum absolute atomic E-state index is 0.231. The molecule has 2 aliphatic heterocycles. The van der Waals surface area contributed by atoms with Gasteiger partial charge in [-0.25, -0.2) is 4.79 Å². The van der Waals surface area contributed by atoms with E-state index >= 15 is 0 Å². The first-order valence-electron chi connectivity index (χ1n) is 9.33. The van der Waals surface area contributed by atoms with Crippen LogP contribution in [-0.4, -0.2) is 71.9 Å². The molecule has 0 saturated carbocycles. The highest BCUT2D eigenvalue weighted by atomic mass is 16.6. The summed E-state index contributed by atoms with van der Waals surface area (Å²) in [6.45, 7) is 3.38. The van der Waals surface area contributed by atoms with Crippen LogP contribution in [0.2, 0.25) is 0 Å². The number of imide groups is 1. The molecule has 0 aliphatic carbocycles. The molecule has 1 fully saturated rings. The Kier molecular flexibility index (Phi) is 5.08. The number of carbonyl (C=O) groups excluding carboxylic acids is 3. The molecule has 4 rings (SSSR count). The lowest BCUT2D eigenvalue weighted by molar-refractivity contribution is 0.0618. The minimum Gasteiger partial charge on any atom is -0.410 e. The van der Waals surface area contributed by atoms with E-state index in [-0.39, 0.29) is 17.9 Å². The first kappa shape index (κ1) is 18.2. The molecule has 0 bridgehead atoms. The first-order chi connectivity index (χ1) is 13.6. The third-order valence-corrected chi connectivity index (χ3v) is 5.10. The summed E-state index contributed by atoms with van der Waals surface area (Å²) < 4.78 is 5.37. The summed E-state index contributed by atoms with van der Waals surface area (Å²) in [4.78, 5) is 42.2. The molecule has 2 aromatic carbocycles. The zero-order chi connectivity index (χ0) is 19.5. The van der Waals surface area contributed by atoms with E-state index in [0.717, 1.165) is 0 Å². The maximum absolute atomic E-state index is 12.4. The minimum atomic E-state index is -0.355. The topological polar surface area (TPSA) is 70.2 Å². The van der Waals surface area contributed by atoms with Crippen molar-refractivity contribution in [2.75, 3.05) is 39.3 Å². The van der Waals surface area contributed by atoms with Gasteiger partial charge in [-0.15, -0.1) is 0 Å². The monoisotopic (exact) mass is 379 g/mol. The number of nitrogens with zero attached hydrogens (tertiary/aromatic N) is 3. The van der Waals surface area contributed by atoms with E-state index in [4.69, 9.17) is 4.74 Å². The molecule has 144 valence electrons. The average molecular weight is 379 g/mol. The second-order valence-corrected chi connectivity index (χ2v) is 6.82. The number of piperazine rings is 1. The molecule has 3 amide bonds. The smallest absolute Gasteiger partial charge is 0.410 e. The number of hydrogen-bond donors (Lipinski definition) is 0. The summed E-state index contributed by atoms with van der Waals surface area (Å²) in [7, 11) is 0. The van der Waals surface area contributed by atoms with Crippen LogP contribution in [0.3, 0.4) is 0 Å². The predicted molar refractivity (Wildman–Crippen MR) is 102 cm³/mol. The summed E-state index contributed by atoms with van der Waals surface area (Å²) in [5.41, 5.74) is 0.946. The van der Waals surface area contributed by atoms with Gasteiger partial charge in [0.15, 0.2) is 0 Å². The first-order valence-corrected chi connectivity index (χ1v) is 9.33. The van der Waals surface area contributed by atoms with Gasteiger partial charge in [-0.05, 0) is 24.3 Å². The number of ether oxygens (including phenoxy) is 1. The summed E-state index contributed by atoms with van der Waals surface area (Å²) >= 11 is 0. The molecule has 7 nitrogen and oxygen atoms in total. The van der Waals surface area contributed by atoms with Crippen LogP contribution in [0.5, 0.6) is 5.75 Å². The highest BCUT2D eigenvalue weighted by Crippen LogP contribution is 2.22. The van der Waals surface area contributed by atoms with Gasteiger partial charge in [-0.2, -0.15) is 0 Å². The van der Waals surface area contributed by atoms with Crippen LogP contribution in [0.15, 0.2) is 54.6 Å². The molecule has 2 heterocycles. The molecule has 2 aliphatic rings. The Morgan fingerprint density at radius 1 is 0.786 bits per heavy atom. The predicted octanol–water partition coefficient (Wildman–Crippen LogP) is 2.10. The Balaban J connectivity index is 1.26. The number of para-hydroxylation sites is 1. The Morgan fingerprint density at radius 2 is 1.36 bits per heavy atom. The van der Waals surface area contributed by atoms with Crippen molar-refractivity contribution in [1.29, 1.82) is 0 Å². The van der Waals surface area contributed by atoms with Crippen molar-refractivity contribution in [2.24, 2.45) is 0 Å². The highest BCUT2D eigenvalue weighted by Gasteiger charge is 2.35. The van der Waals surface area contributed by atoms with Crippen LogP contribution in [0.4, 0.5) is 4.79 Å². The SMILES string of the molecule is O=C(Oc1ccccc1)N1CCN(CCN2C(=O)c3ccccc3C2=O)CC1. The number of carbonyl (C=O) groups is 3. The molecular weight excluding hydrogens is 358 g/mol. The molecule has 0 atom stereocenters. The molecule has 28 heavy (non-hydrogen) atoms. The zero-order valence-electron chi connectivity index (χ0n) is 15.4. The number of amides is 3. The summed E-state index contributed by atoms with van der Waals surface area (Å²) in [5, 5.41) is 0. The van der Waals surface area contributed by atoms with Gasteiger partial charge < -0.3 is 9.64 Å². The van der Waals surface area contributed by atoms with Crippen LogP contribution in [0, 0.1) is 0 Å². The molecular formula is C21H21N3O4. The summed E-state index contributed by atoms with van der Waals surface area (Å²) in [5.74, 6) is 0.0666. The van der Waals surface area contributed by atoms with E-state index in [1.165, 1.54) is 4.90 Å². The second-order valence-electron chi connectivity index (χ2n) is 6.82. The standard InChI is InChI=1S/C21H21N3O4/c25-19-17-8-4-5-9-18(17)20(26)24(19)15-12-22-10-13-23(14-11-22)21(27)28-16-6-2-1-3-7-16/h1-9H,10-15H2. The highest BCUT2D eigenvalue weighted by molar-refractivity contribution is 6.21. The van der Waals surface area contributed by atoms with E-state index in [1.54, 1.807) is 41.3 Å². The number of benzene rings is 2. The lowest BCUT2D eigenvalue weighted by Gasteiger charge is -2.34. The van der Waals surface area contributed by atoms with Gasteiger partial charge in [0.1, 0.15) is 5.75 Å². The van der Waals surface area contributed by atoms with Gasteiger partial charge in [0.2, 0.25) is 0 Å². The van der Waals surface area contributed by atoms with Crippen molar-refractivity contribution in [1.82, 2.24) is 14.7 Å². The third-order valence-electron chi connectivity index (χ3n) is 5.10. The normalized spacial score (nSPS) is 17.0. The number of hydrogen-bond acceptors (Lipinski definition) is 5. The average Bonchev–Trinajstić information content (AvgIpc) is 2.98. The van der Waals surface area contributed by atoms with Gasteiger partial charge >= 0.3 is 6.09 Å². The van der Waals surface area contributed by atoms with E-state index < -0.39 is 0 Å². The zero-order valence-corrected chi connectivity index (χ0v) is 15.4. The molecule has 7 heteroatoms. The van der Waals surface area contributed by atoms with Crippen LogP contribution in [-0.2, 0) is 0 Å². The number of fused-ring (bicyclic) bond motifs is 1. The van der Waals surface area contributed by atoms with Crippen molar-refractivity contribution in [3.63, 3.8) is 0 Å². The molecule has 0 N–H and O–H groups in total. The van der Waals surface area contributed by atoms with Crippen molar-refractivity contribution >= 4 is 17.9 Å². The summed E-state index contributed by atoms with van der Waals surface area (Å²) in [6, 6.07) is 15.9. The van der Waals surface area contributed by atoms with Crippen LogP contribution >= 0.6 is 0 Å². The Labute approximate surface area is 163 Å². The largest absolute Gasteiger partial charge is 0.415 e. The lowest BCUT2D eigenvalue weighted by atomic mass is 10.1. The number of rotatable bonds is 4. The molecule has 0 spiro atoms. The van der Waals surface area contributed by atoms with Crippen LogP contribution in [0.25, 0.3) is 0 Å². The second kappa shape index (κ2) is 7.82. The fourth-order valence-electron chi connectivity index (χ4n) is 3.49.